The molecule has 72 valence electrons. The molecule has 13 heavy (non-hydrogen) atoms. The van der Waals surface area contributed by atoms with E-state index in [-0.39, 0.29) is 4.90 Å². The number of hydrogen-bond donors (Lipinski definition) is 1. The third-order valence-electron chi connectivity index (χ3n) is 2.04. The van der Waals surface area contributed by atoms with Gasteiger partial charge in [0.1, 0.15) is 0 Å². The van der Waals surface area contributed by atoms with Crippen LogP contribution in [0.2, 0.25) is 0 Å². The van der Waals surface area contributed by atoms with Crippen LogP contribution in [0.15, 0.2) is 17.0 Å². The average Bonchev–Trinajstić information content (AvgIpc) is 1.94. The van der Waals surface area contributed by atoms with E-state index in [9.17, 15) is 8.42 Å². The van der Waals surface area contributed by atoms with Crippen molar-refractivity contribution in [2.24, 2.45) is 0 Å². The van der Waals surface area contributed by atoms with Crippen molar-refractivity contribution in [2.75, 3.05) is 0 Å². The van der Waals surface area contributed by atoms with Gasteiger partial charge in [0.2, 0.25) is 0 Å². The van der Waals surface area contributed by atoms with Gasteiger partial charge in [-0.1, -0.05) is 6.07 Å². The van der Waals surface area contributed by atoms with Crippen molar-refractivity contribution in [3.63, 3.8) is 0 Å². The molecule has 0 saturated heterocycles. The summed E-state index contributed by atoms with van der Waals surface area (Å²) in [6.45, 7) is 5.29. The molecule has 0 spiro atoms. The molecule has 4 heteroatoms. The van der Waals surface area contributed by atoms with Crippen molar-refractivity contribution in [3.8, 4) is 0 Å². The lowest BCUT2D eigenvalue weighted by molar-refractivity contribution is 0.482. The predicted molar refractivity (Wildman–Crippen MR) is 50.5 cm³/mol. The van der Waals surface area contributed by atoms with Crippen LogP contribution in [0.5, 0.6) is 0 Å². The summed E-state index contributed by atoms with van der Waals surface area (Å²) in [4.78, 5) is 0.00463. The molecule has 0 saturated carbocycles. The van der Waals surface area contributed by atoms with Gasteiger partial charge in [-0.05, 0) is 43.5 Å². The highest BCUT2D eigenvalue weighted by atomic mass is 32.2. The molecule has 0 aliphatic rings. The Labute approximate surface area is 78.2 Å². The van der Waals surface area contributed by atoms with Gasteiger partial charge >= 0.3 is 0 Å². The first-order valence-corrected chi connectivity index (χ1v) is 5.31. The predicted octanol–water partition coefficient (Wildman–Crippen LogP) is 1.86. The van der Waals surface area contributed by atoms with Gasteiger partial charge in [0, 0.05) is 0 Å². The number of hydrogen-bond acceptors (Lipinski definition) is 2. The van der Waals surface area contributed by atoms with Crippen molar-refractivity contribution in [3.05, 3.63) is 28.8 Å². The summed E-state index contributed by atoms with van der Waals surface area (Å²) in [7, 11) is -4.08. The molecule has 0 atom stereocenters. The Balaban J connectivity index is 3.56. The SMILES string of the molecule is Cc1cc(C)c(C)c(S(=O)(=O)O)c1. The average molecular weight is 200 g/mol. The molecule has 0 fully saturated rings. The van der Waals surface area contributed by atoms with Crippen molar-refractivity contribution >= 4 is 10.1 Å². The van der Waals surface area contributed by atoms with Crippen LogP contribution in [0.4, 0.5) is 0 Å². The van der Waals surface area contributed by atoms with Gasteiger partial charge in [-0.15, -0.1) is 0 Å². The summed E-state index contributed by atoms with van der Waals surface area (Å²) in [5.41, 5.74) is 2.30. The second-order valence-electron chi connectivity index (χ2n) is 3.18. The lowest BCUT2D eigenvalue weighted by atomic mass is 10.1. The second-order valence-corrected chi connectivity index (χ2v) is 4.57. The molecule has 0 aliphatic carbocycles. The quantitative estimate of drug-likeness (QED) is 0.704. The summed E-state index contributed by atoms with van der Waals surface area (Å²) >= 11 is 0. The van der Waals surface area contributed by atoms with Crippen LogP contribution in [0.3, 0.4) is 0 Å². The minimum atomic E-state index is -4.08. The van der Waals surface area contributed by atoms with E-state index in [0.29, 0.717) is 5.56 Å². The molecular formula is C9H12O3S. The van der Waals surface area contributed by atoms with Crippen LogP contribution < -0.4 is 0 Å². The van der Waals surface area contributed by atoms with E-state index in [2.05, 4.69) is 0 Å². The summed E-state index contributed by atoms with van der Waals surface area (Å²) < 4.78 is 30.7. The zero-order valence-corrected chi connectivity index (χ0v) is 8.64. The number of rotatable bonds is 1. The maximum Gasteiger partial charge on any atom is 0.294 e. The van der Waals surface area contributed by atoms with E-state index >= 15 is 0 Å². The third kappa shape index (κ3) is 2.08. The molecule has 0 bridgehead atoms. The molecule has 1 aromatic rings. The van der Waals surface area contributed by atoms with Crippen LogP contribution >= 0.6 is 0 Å². The van der Waals surface area contributed by atoms with Gasteiger partial charge in [-0.3, -0.25) is 4.55 Å². The van der Waals surface area contributed by atoms with Gasteiger partial charge in [-0.2, -0.15) is 8.42 Å². The maximum atomic E-state index is 10.9. The van der Waals surface area contributed by atoms with Crippen molar-refractivity contribution in [1.82, 2.24) is 0 Å². The standard InChI is InChI=1S/C9H12O3S/c1-6-4-7(2)8(3)9(5-6)13(10,11)12/h4-5H,1-3H3,(H,10,11,12). The van der Waals surface area contributed by atoms with Crippen LogP contribution in [0, 0.1) is 20.8 Å². The zero-order valence-electron chi connectivity index (χ0n) is 7.83. The minimum Gasteiger partial charge on any atom is -0.282 e. The zero-order chi connectivity index (χ0) is 10.2. The van der Waals surface area contributed by atoms with Crippen molar-refractivity contribution < 1.29 is 13.0 Å². The van der Waals surface area contributed by atoms with Crippen molar-refractivity contribution in [2.45, 2.75) is 25.7 Å². The molecule has 1 rings (SSSR count). The molecule has 1 aromatic carbocycles. The lowest BCUT2D eigenvalue weighted by Crippen LogP contribution is -2.02. The van der Waals surface area contributed by atoms with Gasteiger partial charge < -0.3 is 0 Å². The van der Waals surface area contributed by atoms with Gasteiger partial charge in [-0.25, -0.2) is 0 Å². The maximum absolute atomic E-state index is 10.9. The summed E-state index contributed by atoms with van der Waals surface area (Å²) in [5, 5.41) is 0. The van der Waals surface area contributed by atoms with E-state index in [0.717, 1.165) is 11.1 Å². The second kappa shape index (κ2) is 3.12. The Morgan fingerprint density at radius 3 is 2.15 bits per heavy atom. The van der Waals surface area contributed by atoms with Gasteiger partial charge in [0.25, 0.3) is 10.1 Å². The summed E-state index contributed by atoms with van der Waals surface area (Å²) in [6.07, 6.45) is 0. The largest absolute Gasteiger partial charge is 0.294 e. The number of aryl methyl sites for hydroxylation is 2. The Bertz CT molecular complexity index is 432. The first-order chi connectivity index (χ1) is 5.82. The van der Waals surface area contributed by atoms with Crippen molar-refractivity contribution in [1.29, 1.82) is 0 Å². The monoisotopic (exact) mass is 200 g/mol. The van der Waals surface area contributed by atoms with Crippen LogP contribution in [-0.4, -0.2) is 13.0 Å². The van der Waals surface area contributed by atoms with E-state index in [4.69, 9.17) is 4.55 Å². The van der Waals surface area contributed by atoms with Crippen LogP contribution in [0.25, 0.3) is 0 Å². The van der Waals surface area contributed by atoms with E-state index in [1.807, 2.05) is 13.0 Å². The third-order valence-corrected chi connectivity index (χ3v) is 3.02. The summed E-state index contributed by atoms with van der Waals surface area (Å²) in [5.74, 6) is 0. The Hall–Kier alpha value is -0.870. The Kier molecular flexibility index (Phi) is 2.45. The topological polar surface area (TPSA) is 54.4 Å². The van der Waals surface area contributed by atoms with Crippen LogP contribution in [0.1, 0.15) is 16.7 Å². The van der Waals surface area contributed by atoms with E-state index in [1.165, 1.54) is 6.07 Å². The van der Waals surface area contributed by atoms with Gasteiger partial charge in [0.05, 0.1) is 4.90 Å². The Morgan fingerprint density at radius 1 is 1.15 bits per heavy atom. The first-order valence-electron chi connectivity index (χ1n) is 3.87. The first kappa shape index (κ1) is 10.2. The van der Waals surface area contributed by atoms with Gasteiger partial charge in [0.15, 0.2) is 0 Å². The molecule has 0 aromatic heterocycles. The lowest BCUT2D eigenvalue weighted by Gasteiger charge is -2.06. The summed E-state index contributed by atoms with van der Waals surface area (Å²) in [6, 6.07) is 3.35. The molecule has 0 radical (unpaired) electrons. The normalized spacial score (nSPS) is 11.7. The fourth-order valence-electron chi connectivity index (χ4n) is 1.27. The fourth-order valence-corrected chi connectivity index (χ4v) is 2.15. The van der Waals surface area contributed by atoms with Crippen LogP contribution in [-0.2, 0) is 10.1 Å². The highest BCUT2D eigenvalue weighted by molar-refractivity contribution is 7.85. The minimum absolute atomic E-state index is 0.00463. The molecule has 3 nitrogen and oxygen atoms in total. The fraction of sp³-hybridized carbons (Fsp3) is 0.333. The number of benzene rings is 1. The molecule has 1 N–H and O–H groups in total. The molecule has 0 unspecified atom stereocenters. The molecule has 0 heterocycles. The van der Waals surface area contributed by atoms with E-state index < -0.39 is 10.1 Å². The molecule has 0 aliphatic heterocycles. The highest BCUT2D eigenvalue weighted by Crippen LogP contribution is 2.20. The molecule has 0 amide bonds. The van der Waals surface area contributed by atoms with E-state index in [1.54, 1.807) is 13.8 Å². The molecular weight excluding hydrogens is 188 g/mol. The smallest absolute Gasteiger partial charge is 0.282 e. The highest BCUT2D eigenvalue weighted by Gasteiger charge is 2.14. The Morgan fingerprint density at radius 2 is 1.69 bits per heavy atom.